The van der Waals surface area contributed by atoms with Crippen LogP contribution in [0, 0.1) is 0 Å². The summed E-state index contributed by atoms with van der Waals surface area (Å²) in [6.07, 6.45) is 5.72. The Hall–Kier alpha value is -2.35. The Balaban J connectivity index is 1.61. The second kappa shape index (κ2) is 5.96. The van der Waals surface area contributed by atoms with Crippen molar-refractivity contribution in [2.75, 3.05) is 13.2 Å². The molecule has 1 amide bonds. The molecule has 21 heavy (non-hydrogen) atoms. The third-order valence-corrected chi connectivity index (χ3v) is 3.23. The van der Waals surface area contributed by atoms with Gasteiger partial charge in [-0.05, 0) is 6.92 Å². The number of carbonyl (C=O) groups excluding carboxylic acids is 1. The smallest absolute Gasteiger partial charge is 0.273 e. The molecule has 8 nitrogen and oxygen atoms in total. The van der Waals surface area contributed by atoms with Crippen LogP contribution in [0.15, 0.2) is 29.5 Å². The lowest BCUT2D eigenvalue weighted by molar-refractivity contribution is 0.0899. The number of aromatic nitrogens is 3. The summed E-state index contributed by atoms with van der Waals surface area (Å²) >= 11 is 0. The maximum Gasteiger partial charge on any atom is 0.273 e. The molecule has 1 fully saturated rings. The summed E-state index contributed by atoms with van der Waals surface area (Å²) in [6.45, 7) is 3.59. The summed E-state index contributed by atoms with van der Waals surface area (Å²) in [6, 6.07) is -0.237. The molecule has 2 aromatic rings. The van der Waals surface area contributed by atoms with Crippen LogP contribution in [0.1, 0.15) is 17.4 Å². The predicted molar refractivity (Wildman–Crippen MR) is 70.9 cm³/mol. The molecule has 0 aliphatic carbocycles. The molecule has 0 unspecified atom stereocenters. The summed E-state index contributed by atoms with van der Waals surface area (Å²) in [5.41, 5.74) is 0.236. The van der Waals surface area contributed by atoms with E-state index in [9.17, 15) is 4.79 Å². The molecule has 3 heterocycles. The van der Waals surface area contributed by atoms with Crippen molar-refractivity contribution < 1.29 is 18.7 Å². The number of hydrogen-bond donors (Lipinski definition) is 1. The van der Waals surface area contributed by atoms with Crippen LogP contribution in [0.4, 0.5) is 0 Å². The number of aryl methyl sites for hydroxylation is 1. The Kier molecular flexibility index (Phi) is 3.87. The fourth-order valence-electron chi connectivity index (χ4n) is 2.11. The van der Waals surface area contributed by atoms with Gasteiger partial charge in [0.05, 0.1) is 31.6 Å². The molecule has 2 atom stereocenters. The topological polar surface area (TPSA) is 91.4 Å². The van der Waals surface area contributed by atoms with E-state index in [1.54, 1.807) is 10.9 Å². The third-order valence-electron chi connectivity index (χ3n) is 3.23. The first-order valence-electron chi connectivity index (χ1n) is 6.72. The maximum absolute atomic E-state index is 11.9. The van der Waals surface area contributed by atoms with Gasteiger partial charge in [-0.1, -0.05) is 0 Å². The van der Waals surface area contributed by atoms with Gasteiger partial charge in [-0.25, -0.2) is 4.98 Å². The molecule has 1 aliphatic heterocycles. The average molecular weight is 292 g/mol. The van der Waals surface area contributed by atoms with Crippen LogP contribution in [0.25, 0.3) is 0 Å². The molecular weight excluding hydrogens is 276 g/mol. The van der Waals surface area contributed by atoms with E-state index < -0.39 is 0 Å². The minimum atomic E-state index is -0.308. The van der Waals surface area contributed by atoms with Crippen LogP contribution in [0.3, 0.4) is 0 Å². The van der Waals surface area contributed by atoms with Gasteiger partial charge in [0.1, 0.15) is 12.4 Å². The monoisotopic (exact) mass is 292 g/mol. The van der Waals surface area contributed by atoms with Crippen molar-refractivity contribution in [3.63, 3.8) is 0 Å². The first-order chi connectivity index (χ1) is 10.3. The lowest BCUT2D eigenvalue weighted by Crippen LogP contribution is -2.45. The number of ether oxygens (including phenoxy) is 2. The Morgan fingerprint density at radius 3 is 3.19 bits per heavy atom. The van der Waals surface area contributed by atoms with Crippen LogP contribution < -0.4 is 10.1 Å². The van der Waals surface area contributed by atoms with Gasteiger partial charge < -0.3 is 19.2 Å². The van der Waals surface area contributed by atoms with Crippen LogP contribution in [0.5, 0.6) is 5.75 Å². The van der Waals surface area contributed by atoms with Crippen molar-refractivity contribution in [3.8, 4) is 5.75 Å². The molecular formula is C13H16N4O4. The highest BCUT2D eigenvalue weighted by Crippen LogP contribution is 2.16. The van der Waals surface area contributed by atoms with E-state index in [0.29, 0.717) is 19.0 Å². The molecule has 0 radical (unpaired) electrons. The van der Waals surface area contributed by atoms with E-state index in [-0.39, 0.29) is 23.7 Å². The van der Waals surface area contributed by atoms with Crippen LogP contribution in [0.2, 0.25) is 0 Å². The summed E-state index contributed by atoms with van der Waals surface area (Å²) < 4.78 is 17.8. The second-order valence-corrected chi connectivity index (χ2v) is 4.68. The molecule has 0 spiro atoms. The van der Waals surface area contributed by atoms with Gasteiger partial charge >= 0.3 is 0 Å². The Morgan fingerprint density at radius 2 is 2.48 bits per heavy atom. The van der Waals surface area contributed by atoms with Crippen molar-refractivity contribution in [2.24, 2.45) is 0 Å². The van der Waals surface area contributed by atoms with Crippen molar-refractivity contribution >= 4 is 5.91 Å². The van der Waals surface area contributed by atoms with Crippen molar-refractivity contribution in [2.45, 2.75) is 25.6 Å². The molecule has 1 saturated heterocycles. The molecule has 1 N–H and O–H groups in total. The Morgan fingerprint density at radius 1 is 1.57 bits per heavy atom. The van der Waals surface area contributed by atoms with Gasteiger partial charge in [0.15, 0.2) is 17.8 Å². The summed E-state index contributed by atoms with van der Waals surface area (Å²) in [7, 11) is 0. The molecule has 112 valence electrons. The molecule has 0 aromatic carbocycles. The maximum atomic E-state index is 11.9. The van der Waals surface area contributed by atoms with Crippen LogP contribution in [-0.2, 0) is 11.3 Å². The molecule has 3 rings (SSSR count). The molecule has 8 heteroatoms. The SMILES string of the molecule is CCn1cc(O[C@@H]2COC[C@@H]2NC(=O)c2cocn2)cn1. The van der Waals surface area contributed by atoms with Gasteiger partial charge in [0.25, 0.3) is 5.91 Å². The van der Waals surface area contributed by atoms with Gasteiger partial charge in [-0.3, -0.25) is 9.48 Å². The van der Waals surface area contributed by atoms with E-state index in [1.165, 1.54) is 12.7 Å². The predicted octanol–water partition coefficient (Wildman–Crippen LogP) is 0.467. The number of hydrogen-bond acceptors (Lipinski definition) is 6. The summed E-state index contributed by atoms with van der Waals surface area (Å²) in [5.74, 6) is 0.352. The summed E-state index contributed by atoms with van der Waals surface area (Å²) in [4.78, 5) is 15.8. The number of oxazole rings is 1. The zero-order valence-electron chi connectivity index (χ0n) is 11.6. The molecule has 0 saturated carbocycles. The fourth-order valence-corrected chi connectivity index (χ4v) is 2.11. The van der Waals surface area contributed by atoms with Crippen molar-refractivity contribution in [1.29, 1.82) is 0 Å². The Bertz CT molecular complexity index is 595. The first kappa shape index (κ1) is 13.6. The van der Waals surface area contributed by atoms with E-state index in [0.717, 1.165) is 6.54 Å². The van der Waals surface area contributed by atoms with Crippen molar-refractivity contribution in [1.82, 2.24) is 20.1 Å². The number of amides is 1. The van der Waals surface area contributed by atoms with E-state index in [4.69, 9.17) is 13.9 Å². The lowest BCUT2D eigenvalue weighted by atomic mass is 10.2. The average Bonchev–Trinajstić information content (AvgIpc) is 3.21. The Labute approximate surface area is 121 Å². The highest BCUT2D eigenvalue weighted by atomic mass is 16.5. The van der Waals surface area contributed by atoms with Gasteiger partial charge in [0.2, 0.25) is 0 Å². The number of carbonyl (C=O) groups is 1. The van der Waals surface area contributed by atoms with E-state index in [2.05, 4.69) is 15.4 Å². The van der Waals surface area contributed by atoms with E-state index in [1.807, 2.05) is 13.1 Å². The fraction of sp³-hybridized carbons (Fsp3) is 0.462. The molecule has 0 bridgehead atoms. The number of nitrogens with zero attached hydrogens (tertiary/aromatic N) is 3. The minimum absolute atomic E-state index is 0.236. The minimum Gasteiger partial charge on any atom is -0.482 e. The quantitative estimate of drug-likeness (QED) is 0.861. The largest absolute Gasteiger partial charge is 0.482 e. The third kappa shape index (κ3) is 3.05. The zero-order valence-corrected chi connectivity index (χ0v) is 11.6. The van der Waals surface area contributed by atoms with E-state index >= 15 is 0 Å². The van der Waals surface area contributed by atoms with Gasteiger partial charge in [-0.2, -0.15) is 5.10 Å². The van der Waals surface area contributed by atoms with Crippen molar-refractivity contribution in [3.05, 3.63) is 30.7 Å². The number of rotatable bonds is 5. The lowest BCUT2D eigenvalue weighted by Gasteiger charge is -2.19. The zero-order chi connectivity index (χ0) is 14.7. The van der Waals surface area contributed by atoms with Crippen LogP contribution in [-0.4, -0.2) is 46.0 Å². The van der Waals surface area contributed by atoms with Crippen LogP contribution >= 0.6 is 0 Å². The highest BCUT2D eigenvalue weighted by molar-refractivity contribution is 5.92. The normalized spacial score (nSPS) is 21.4. The molecule has 2 aromatic heterocycles. The summed E-state index contributed by atoms with van der Waals surface area (Å²) in [5, 5.41) is 6.98. The van der Waals surface area contributed by atoms with Gasteiger partial charge in [-0.15, -0.1) is 0 Å². The highest BCUT2D eigenvalue weighted by Gasteiger charge is 2.32. The van der Waals surface area contributed by atoms with Gasteiger partial charge in [0, 0.05) is 6.54 Å². The molecule has 1 aliphatic rings. The standard InChI is InChI=1S/C13H16N4O4/c1-2-17-4-9(3-15-17)21-12-7-19-5-10(12)16-13(18)11-6-20-8-14-11/h3-4,6,8,10,12H,2,5,7H2,1H3,(H,16,18)/t10-,12+/m0/s1. The first-order valence-corrected chi connectivity index (χ1v) is 6.72. The number of nitrogens with one attached hydrogen (secondary N) is 1. The second-order valence-electron chi connectivity index (χ2n) is 4.68.